The van der Waals surface area contributed by atoms with Crippen LogP contribution in [0.2, 0.25) is 0 Å². The maximum absolute atomic E-state index is 4.48. The minimum absolute atomic E-state index is 0.217. The second-order valence-electron chi connectivity index (χ2n) is 4.31. The van der Waals surface area contributed by atoms with E-state index in [1.54, 1.807) is 11.3 Å². The first-order chi connectivity index (χ1) is 8.22. The number of hydrogen-bond acceptors (Lipinski definition) is 3. The lowest BCUT2D eigenvalue weighted by molar-refractivity contribution is 0.590. The smallest absolute Gasteiger partial charge is 0.0809 e. The van der Waals surface area contributed by atoms with E-state index in [1.807, 2.05) is 6.20 Å². The Morgan fingerprint density at radius 1 is 1.59 bits per heavy atom. The van der Waals surface area contributed by atoms with E-state index >= 15 is 0 Å². The van der Waals surface area contributed by atoms with Gasteiger partial charge in [0.25, 0.3) is 0 Å². The van der Waals surface area contributed by atoms with Gasteiger partial charge in [0.05, 0.1) is 16.3 Å². The highest BCUT2D eigenvalue weighted by atomic mass is 32.1. The van der Waals surface area contributed by atoms with Crippen LogP contribution >= 0.6 is 11.3 Å². The van der Waals surface area contributed by atoms with Crippen LogP contribution in [0.4, 0.5) is 0 Å². The molecule has 0 aromatic carbocycles. The zero-order valence-electron chi connectivity index (χ0n) is 10.4. The first kappa shape index (κ1) is 12.3. The lowest BCUT2D eigenvalue weighted by Gasteiger charge is -2.18. The molecule has 1 unspecified atom stereocenters. The average molecular weight is 246 g/mol. The van der Waals surface area contributed by atoms with Gasteiger partial charge in [-0.2, -0.15) is 0 Å². The SMILES string of the molecule is C=C(C)C(NCCC)c1cnc2ccsc2c1. The van der Waals surface area contributed by atoms with Gasteiger partial charge in [0.2, 0.25) is 0 Å². The molecule has 0 fully saturated rings. The van der Waals surface area contributed by atoms with Gasteiger partial charge >= 0.3 is 0 Å². The Bertz CT molecular complexity index is 516. The van der Waals surface area contributed by atoms with Crippen LogP contribution in [0.1, 0.15) is 31.9 Å². The van der Waals surface area contributed by atoms with Crippen LogP contribution in [0, 0.1) is 0 Å². The Balaban J connectivity index is 2.30. The molecule has 1 N–H and O–H groups in total. The van der Waals surface area contributed by atoms with Crippen molar-refractivity contribution in [2.24, 2.45) is 0 Å². The second-order valence-corrected chi connectivity index (χ2v) is 5.25. The van der Waals surface area contributed by atoms with Crippen LogP contribution in [0.15, 0.2) is 35.9 Å². The van der Waals surface area contributed by atoms with Crippen LogP contribution < -0.4 is 5.32 Å². The molecule has 2 heterocycles. The predicted molar refractivity (Wildman–Crippen MR) is 75.5 cm³/mol. The molecule has 0 saturated carbocycles. The molecule has 0 aliphatic rings. The largest absolute Gasteiger partial charge is 0.307 e. The van der Waals surface area contributed by atoms with E-state index in [0.29, 0.717) is 0 Å². The fourth-order valence-electron chi connectivity index (χ4n) is 1.88. The molecule has 0 bridgehead atoms. The molecule has 1 atom stereocenters. The first-order valence-corrected chi connectivity index (χ1v) is 6.82. The molecule has 2 nitrogen and oxygen atoms in total. The topological polar surface area (TPSA) is 24.9 Å². The lowest BCUT2D eigenvalue weighted by atomic mass is 10.0. The van der Waals surface area contributed by atoms with E-state index in [4.69, 9.17) is 0 Å². The summed E-state index contributed by atoms with van der Waals surface area (Å²) in [5.41, 5.74) is 3.42. The number of rotatable bonds is 5. The average Bonchev–Trinajstić information content (AvgIpc) is 2.76. The fraction of sp³-hybridized carbons (Fsp3) is 0.357. The fourth-order valence-corrected chi connectivity index (χ4v) is 2.67. The van der Waals surface area contributed by atoms with Crippen molar-refractivity contribution in [3.63, 3.8) is 0 Å². The van der Waals surface area contributed by atoms with Gasteiger partial charge in [-0.1, -0.05) is 19.1 Å². The predicted octanol–water partition coefficient (Wildman–Crippen LogP) is 3.91. The second kappa shape index (κ2) is 5.43. The Morgan fingerprint density at radius 3 is 3.12 bits per heavy atom. The third-order valence-corrected chi connectivity index (χ3v) is 3.60. The molecule has 17 heavy (non-hydrogen) atoms. The third-order valence-electron chi connectivity index (χ3n) is 2.75. The van der Waals surface area contributed by atoms with E-state index in [9.17, 15) is 0 Å². The Labute approximate surface area is 106 Å². The number of hydrogen-bond donors (Lipinski definition) is 1. The molecule has 0 amide bonds. The van der Waals surface area contributed by atoms with Gasteiger partial charge in [0.1, 0.15) is 0 Å². The number of nitrogens with zero attached hydrogens (tertiary/aromatic N) is 1. The number of thiophene rings is 1. The molecule has 0 aliphatic carbocycles. The molecule has 0 spiro atoms. The van der Waals surface area contributed by atoms with Crippen LogP contribution in [0.3, 0.4) is 0 Å². The Hall–Kier alpha value is -1.19. The van der Waals surface area contributed by atoms with Gasteiger partial charge in [-0.25, -0.2) is 0 Å². The minimum Gasteiger partial charge on any atom is -0.307 e. The molecule has 2 aromatic heterocycles. The first-order valence-electron chi connectivity index (χ1n) is 5.94. The third kappa shape index (κ3) is 2.73. The van der Waals surface area contributed by atoms with Gasteiger partial charge in [0.15, 0.2) is 0 Å². The highest BCUT2D eigenvalue weighted by Crippen LogP contribution is 2.25. The molecule has 3 heteroatoms. The van der Waals surface area contributed by atoms with Crippen molar-refractivity contribution < 1.29 is 0 Å². The molecule has 0 radical (unpaired) electrons. The van der Waals surface area contributed by atoms with E-state index in [2.05, 4.69) is 48.2 Å². The number of fused-ring (bicyclic) bond motifs is 1. The van der Waals surface area contributed by atoms with Gasteiger partial charge in [-0.15, -0.1) is 11.3 Å². The summed E-state index contributed by atoms with van der Waals surface area (Å²) in [5.74, 6) is 0. The zero-order chi connectivity index (χ0) is 12.3. The van der Waals surface area contributed by atoms with Crippen molar-refractivity contribution in [2.75, 3.05) is 6.54 Å². The highest BCUT2D eigenvalue weighted by Gasteiger charge is 2.12. The molecular weight excluding hydrogens is 228 g/mol. The summed E-state index contributed by atoms with van der Waals surface area (Å²) >= 11 is 1.73. The zero-order valence-corrected chi connectivity index (χ0v) is 11.2. The Kier molecular flexibility index (Phi) is 3.92. The van der Waals surface area contributed by atoms with E-state index in [-0.39, 0.29) is 6.04 Å². The number of pyridine rings is 1. The van der Waals surface area contributed by atoms with Crippen LogP contribution in [-0.4, -0.2) is 11.5 Å². The maximum Gasteiger partial charge on any atom is 0.0809 e. The van der Waals surface area contributed by atoms with Crippen molar-refractivity contribution in [3.8, 4) is 0 Å². The molecular formula is C14H18N2S. The van der Waals surface area contributed by atoms with Crippen molar-refractivity contribution in [1.82, 2.24) is 10.3 Å². The summed E-state index contributed by atoms with van der Waals surface area (Å²) in [5, 5.41) is 5.59. The monoisotopic (exact) mass is 246 g/mol. The summed E-state index contributed by atoms with van der Waals surface area (Å²) in [6.45, 7) is 9.30. The summed E-state index contributed by atoms with van der Waals surface area (Å²) in [4.78, 5) is 4.48. The highest BCUT2D eigenvalue weighted by molar-refractivity contribution is 7.17. The quantitative estimate of drug-likeness (QED) is 0.809. The molecule has 90 valence electrons. The Morgan fingerprint density at radius 2 is 2.41 bits per heavy atom. The van der Waals surface area contributed by atoms with Crippen molar-refractivity contribution in [1.29, 1.82) is 0 Å². The molecule has 0 saturated heterocycles. The van der Waals surface area contributed by atoms with E-state index in [0.717, 1.165) is 24.1 Å². The summed E-state index contributed by atoms with van der Waals surface area (Å²) in [6, 6.07) is 4.49. The van der Waals surface area contributed by atoms with E-state index < -0.39 is 0 Å². The lowest BCUT2D eigenvalue weighted by Crippen LogP contribution is -2.22. The van der Waals surface area contributed by atoms with Crippen LogP contribution in [0.25, 0.3) is 10.2 Å². The molecule has 0 aliphatic heterocycles. The molecule has 2 rings (SSSR count). The van der Waals surface area contributed by atoms with Gasteiger partial charge < -0.3 is 5.32 Å². The van der Waals surface area contributed by atoms with Gasteiger partial charge in [0, 0.05) is 6.20 Å². The van der Waals surface area contributed by atoms with E-state index in [1.165, 1.54) is 10.3 Å². The van der Waals surface area contributed by atoms with Crippen molar-refractivity contribution in [2.45, 2.75) is 26.3 Å². The van der Waals surface area contributed by atoms with Gasteiger partial charge in [-0.3, -0.25) is 4.98 Å². The van der Waals surface area contributed by atoms with Crippen LogP contribution in [-0.2, 0) is 0 Å². The molecule has 2 aromatic rings. The minimum atomic E-state index is 0.217. The van der Waals surface area contributed by atoms with Gasteiger partial charge in [-0.05, 0) is 43.0 Å². The van der Waals surface area contributed by atoms with Crippen LogP contribution in [0.5, 0.6) is 0 Å². The summed E-state index contributed by atoms with van der Waals surface area (Å²) in [7, 11) is 0. The maximum atomic E-state index is 4.48. The van der Waals surface area contributed by atoms with Crippen molar-refractivity contribution in [3.05, 3.63) is 41.4 Å². The standard InChI is InChI=1S/C14H18N2S/c1-4-6-15-14(10(2)3)11-8-13-12(16-9-11)5-7-17-13/h5,7-9,14-15H,2,4,6H2,1,3H3. The van der Waals surface area contributed by atoms with Crippen molar-refractivity contribution >= 4 is 21.6 Å². The number of aromatic nitrogens is 1. The summed E-state index contributed by atoms with van der Waals surface area (Å²) < 4.78 is 1.24. The number of nitrogens with one attached hydrogen (secondary N) is 1. The summed E-state index contributed by atoms with van der Waals surface area (Å²) in [6.07, 6.45) is 3.08. The normalized spacial score (nSPS) is 12.8.